The average molecular weight is 385 g/mol. The molecule has 0 spiro atoms. The molecule has 1 fully saturated rings. The zero-order chi connectivity index (χ0) is 19.2. The van der Waals surface area contributed by atoms with Crippen LogP contribution in [-0.2, 0) is 4.79 Å². The number of benzene rings is 2. The number of nitriles is 1. The highest BCUT2D eigenvalue weighted by atomic mass is 32.1. The third-order valence-corrected chi connectivity index (χ3v) is 5.17. The third kappa shape index (κ3) is 2.66. The van der Waals surface area contributed by atoms with Crippen LogP contribution < -0.4 is 9.80 Å². The molecule has 3 rings (SSSR count). The predicted molar refractivity (Wildman–Crippen MR) is 106 cm³/mol. The normalized spacial score (nSPS) is 16.2. The number of halogens is 1. The fraction of sp³-hybridized carbons (Fsp3) is 0.211. The van der Waals surface area contributed by atoms with Gasteiger partial charge in [0.05, 0.1) is 17.3 Å². The fourth-order valence-corrected chi connectivity index (χ4v) is 3.67. The summed E-state index contributed by atoms with van der Waals surface area (Å²) in [6, 6.07) is 12.1. The van der Waals surface area contributed by atoms with Crippen LogP contribution in [0, 0.1) is 24.1 Å². The Hall–Kier alpha value is -2.43. The lowest BCUT2D eigenvalue weighted by Gasteiger charge is -2.29. The molecular formula is C19H16FN3OS2. The van der Waals surface area contributed by atoms with Gasteiger partial charge in [-0.25, -0.2) is 4.39 Å². The topological polar surface area (TPSA) is 47.3 Å². The maximum absolute atomic E-state index is 14.8. The van der Waals surface area contributed by atoms with Gasteiger partial charge in [0.15, 0.2) is 10.9 Å². The molecule has 2 aromatic rings. The van der Waals surface area contributed by atoms with Gasteiger partial charge in [-0.2, -0.15) is 5.26 Å². The smallest absolute Gasteiger partial charge is 0.259 e. The van der Waals surface area contributed by atoms with E-state index < -0.39 is 11.4 Å². The van der Waals surface area contributed by atoms with Crippen molar-refractivity contribution in [1.82, 2.24) is 0 Å². The van der Waals surface area contributed by atoms with Crippen molar-refractivity contribution < 1.29 is 9.18 Å². The number of amides is 1. The Labute approximate surface area is 162 Å². The maximum Gasteiger partial charge on any atom is 0.259 e. The Morgan fingerprint density at radius 2 is 1.81 bits per heavy atom. The molecule has 1 amide bonds. The molecular weight excluding hydrogens is 369 g/mol. The average Bonchev–Trinajstić information content (AvgIpc) is 2.77. The van der Waals surface area contributed by atoms with Gasteiger partial charge in [-0.15, -0.1) is 12.6 Å². The minimum Gasteiger partial charge on any atom is -0.304 e. The van der Waals surface area contributed by atoms with E-state index in [9.17, 15) is 9.18 Å². The molecule has 0 bridgehead atoms. The van der Waals surface area contributed by atoms with Gasteiger partial charge in [0.2, 0.25) is 0 Å². The molecule has 1 aliphatic heterocycles. The summed E-state index contributed by atoms with van der Waals surface area (Å²) >= 11 is 9.80. The van der Waals surface area contributed by atoms with E-state index in [1.54, 1.807) is 30.9 Å². The van der Waals surface area contributed by atoms with Gasteiger partial charge in [0.1, 0.15) is 5.54 Å². The van der Waals surface area contributed by atoms with E-state index in [1.807, 2.05) is 18.2 Å². The Balaban J connectivity index is 2.13. The number of hydrogen-bond acceptors (Lipinski definition) is 4. The van der Waals surface area contributed by atoms with Crippen LogP contribution in [0.25, 0.3) is 0 Å². The van der Waals surface area contributed by atoms with Crippen molar-refractivity contribution in [3.8, 4) is 6.07 Å². The second-order valence-corrected chi connectivity index (χ2v) is 7.40. The number of nitrogens with zero attached hydrogens (tertiary/aromatic N) is 3. The number of hydrogen-bond donors (Lipinski definition) is 1. The maximum atomic E-state index is 14.8. The zero-order valence-electron chi connectivity index (χ0n) is 14.4. The van der Waals surface area contributed by atoms with Crippen molar-refractivity contribution in [1.29, 1.82) is 5.26 Å². The molecule has 1 heterocycles. The fourth-order valence-electron chi connectivity index (χ4n) is 3.01. The first-order chi connectivity index (χ1) is 12.2. The first-order valence-electron chi connectivity index (χ1n) is 7.87. The highest BCUT2D eigenvalue weighted by molar-refractivity contribution is 7.81. The quantitative estimate of drug-likeness (QED) is 0.621. The van der Waals surface area contributed by atoms with E-state index in [-0.39, 0.29) is 27.8 Å². The van der Waals surface area contributed by atoms with E-state index in [2.05, 4.69) is 12.6 Å². The predicted octanol–water partition coefficient (Wildman–Crippen LogP) is 4.21. The van der Waals surface area contributed by atoms with E-state index >= 15 is 0 Å². The molecule has 7 heteroatoms. The number of rotatable bonds is 2. The molecule has 0 radical (unpaired) electrons. The summed E-state index contributed by atoms with van der Waals surface area (Å²) in [6.45, 7) is 4.99. The summed E-state index contributed by atoms with van der Waals surface area (Å²) in [5, 5.41) is 9.25. The first-order valence-corrected chi connectivity index (χ1v) is 8.72. The summed E-state index contributed by atoms with van der Waals surface area (Å²) < 4.78 is 14.8. The highest BCUT2D eigenvalue weighted by Gasteiger charge is 2.50. The molecule has 0 aromatic heterocycles. The zero-order valence-corrected chi connectivity index (χ0v) is 16.2. The van der Waals surface area contributed by atoms with Crippen LogP contribution in [0.1, 0.15) is 25.0 Å². The van der Waals surface area contributed by atoms with Crippen molar-refractivity contribution in [2.75, 3.05) is 9.80 Å². The number of carbonyl (C=O) groups excluding carboxylic acids is 1. The number of thiol groups is 1. The van der Waals surface area contributed by atoms with Crippen LogP contribution in [0.3, 0.4) is 0 Å². The molecule has 0 aliphatic carbocycles. The van der Waals surface area contributed by atoms with E-state index in [4.69, 9.17) is 17.5 Å². The summed E-state index contributed by atoms with van der Waals surface area (Å²) in [5.41, 5.74) is 0.210. The highest BCUT2D eigenvalue weighted by Crippen LogP contribution is 2.38. The van der Waals surface area contributed by atoms with E-state index in [0.29, 0.717) is 0 Å². The molecule has 1 saturated heterocycles. The largest absolute Gasteiger partial charge is 0.304 e. The second kappa shape index (κ2) is 6.38. The number of thiocarbonyl (C=S) groups is 1. The summed E-state index contributed by atoms with van der Waals surface area (Å²) in [7, 11) is 0. The lowest BCUT2D eigenvalue weighted by atomic mass is 10.0. The summed E-state index contributed by atoms with van der Waals surface area (Å²) in [4.78, 5) is 16.7. The van der Waals surface area contributed by atoms with Crippen LogP contribution in [-0.4, -0.2) is 16.6 Å². The molecule has 0 saturated carbocycles. The third-order valence-electron chi connectivity index (χ3n) is 4.50. The second-order valence-electron chi connectivity index (χ2n) is 6.52. The van der Waals surface area contributed by atoms with Crippen LogP contribution in [0.2, 0.25) is 0 Å². The van der Waals surface area contributed by atoms with Gasteiger partial charge in [0.25, 0.3) is 5.91 Å². The Bertz CT molecular complexity index is 964. The Morgan fingerprint density at radius 3 is 2.38 bits per heavy atom. The van der Waals surface area contributed by atoms with Crippen molar-refractivity contribution in [3.05, 3.63) is 53.3 Å². The Morgan fingerprint density at radius 1 is 1.19 bits per heavy atom. The molecule has 0 unspecified atom stereocenters. The molecule has 132 valence electrons. The lowest BCUT2D eigenvalue weighted by molar-refractivity contribution is -0.120. The standard InChI is InChI=1S/C19H16FN3OS2/c1-11-12(10-21)4-9-15(16(11)20)22-17(24)19(2,3)23(18(22)26)13-5-7-14(25)8-6-13/h4-9,25H,1-3H3. The molecule has 0 N–H and O–H groups in total. The first kappa shape index (κ1) is 18.4. The van der Waals surface area contributed by atoms with Gasteiger partial charge < -0.3 is 4.90 Å². The van der Waals surface area contributed by atoms with Crippen molar-refractivity contribution in [2.45, 2.75) is 31.2 Å². The minimum atomic E-state index is -0.983. The van der Waals surface area contributed by atoms with Gasteiger partial charge in [-0.3, -0.25) is 9.69 Å². The van der Waals surface area contributed by atoms with Crippen LogP contribution in [0.5, 0.6) is 0 Å². The van der Waals surface area contributed by atoms with Gasteiger partial charge in [0, 0.05) is 16.1 Å². The Kier molecular flexibility index (Phi) is 4.51. The van der Waals surface area contributed by atoms with E-state index in [1.165, 1.54) is 24.0 Å². The van der Waals surface area contributed by atoms with Crippen molar-refractivity contribution in [2.24, 2.45) is 0 Å². The van der Waals surface area contributed by atoms with Gasteiger partial charge in [-0.05, 0) is 69.4 Å². The molecule has 2 aromatic carbocycles. The van der Waals surface area contributed by atoms with Gasteiger partial charge >= 0.3 is 0 Å². The lowest BCUT2D eigenvalue weighted by Crippen LogP contribution is -2.44. The van der Waals surface area contributed by atoms with E-state index in [0.717, 1.165) is 10.6 Å². The minimum absolute atomic E-state index is 0.0536. The van der Waals surface area contributed by atoms with Gasteiger partial charge in [-0.1, -0.05) is 0 Å². The monoisotopic (exact) mass is 385 g/mol. The SMILES string of the molecule is Cc1c(C#N)ccc(N2C(=O)C(C)(C)N(c3ccc(S)cc3)C2=S)c1F. The van der Waals surface area contributed by atoms with Crippen LogP contribution >= 0.6 is 24.8 Å². The van der Waals surface area contributed by atoms with Crippen LogP contribution in [0.15, 0.2) is 41.3 Å². The molecule has 4 nitrogen and oxygen atoms in total. The number of carbonyl (C=O) groups is 1. The molecule has 1 aliphatic rings. The van der Waals surface area contributed by atoms with Crippen molar-refractivity contribution >= 4 is 47.2 Å². The van der Waals surface area contributed by atoms with Crippen molar-refractivity contribution in [3.63, 3.8) is 0 Å². The molecule has 26 heavy (non-hydrogen) atoms. The molecule has 0 atom stereocenters. The summed E-state index contributed by atoms with van der Waals surface area (Å²) in [6.07, 6.45) is 0. The summed E-state index contributed by atoms with van der Waals surface area (Å²) in [5.74, 6) is -0.955. The number of anilines is 2. The van der Waals surface area contributed by atoms with Crippen LogP contribution in [0.4, 0.5) is 15.8 Å².